The molecule has 0 bridgehead atoms. The van der Waals surface area contributed by atoms with E-state index >= 15 is 0 Å². The smallest absolute Gasteiger partial charge is 0.119 e. The quantitative estimate of drug-likeness (QED) is 0.271. The molecule has 2 aromatic carbocycles. The van der Waals surface area contributed by atoms with Crippen molar-refractivity contribution in [2.24, 2.45) is 10.8 Å². The molecule has 2 aliphatic rings. The molecule has 2 fully saturated rings. The van der Waals surface area contributed by atoms with Gasteiger partial charge in [-0.1, -0.05) is 52.0 Å². The standard InChI is InChI=1S/C31H44O6/c1-5-30(21-34-22-30)19-32-15-17-36-27-11-7-25(8-12-27)29(3,4)26-9-13-28(14-10-26)37-18-16-33-20-31(6-2)23-35-24-31/h7-14H,5-6,15-24H2,1-4H3. The highest BCUT2D eigenvalue weighted by molar-refractivity contribution is 5.41. The van der Waals surface area contributed by atoms with E-state index in [1.165, 1.54) is 11.1 Å². The Morgan fingerprint density at radius 2 is 1.00 bits per heavy atom. The summed E-state index contributed by atoms with van der Waals surface area (Å²) >= 11 is 0. The summed E-state index contributed by atoms with van der Waals surface area (Å²) in [5.41, 5.74) is 2.77. The molecular formula is C31H44O6. The second kappa shape index (κ2) is 12.6. The van der Waals surface area contributed by atoms with Crippen LogP contribution in [-0.4, -0.2) is 66.1 Å². The van der Waals surface area contributed by atoms with Crippen LogP contribution in [0.15, 0.2) is 48.5 Å². The van der Waals surface area contributed by atoms with Gasteiger partial charge in [0.15, 0.2) is 0 Å². The van der Waals surface area contributed by atoms with Crippen LogP contribution in [-0.2, 0) is 24.4 Å². The lowest BCUT2D eigenvalue weighted by atomic mass is 9.78. The molecule has 0 saturated carbocycles. The molecule has 0 amide bonds. The molecule has 0 aromatic heterocycles. The zero-order chi connectivity index (χ0) is 26.2. The first kappa shape index (κ1) is 27.9. The molecule has 37 heavy (non-hydrogen) atoms. The summed E-state index contributed by atoms with van der Waals surface area (Å²) in [5.74, 6) is 1.72. The van der Waals surface area contributed by atoms with Crippen LogP contribution in [0.4, 0.5) is 0 Å². The van der Waals surface area contributed by atoms with Gasteiger partial charge in [0, 0.05) is 16.2 Å². The Labute approximate surface area is 222 Å². The van der Waals surface area contributed by atoms with Gasteiger partial charge in [-0.15, -0.1) is 0 Å². The molecule has 4 rings (SSSR count). The SMILES string of the molecule is CCC1(COCCOc2ccc(C(C)(C)c3ccc(OCCOCC4(CC)COC4)cc3)cc2)COC1. The molecule has 204 valence electrons. The van der Waals surface area contributed by atoms with Gasteiger partial charge >= 0.3 is 0 Å². The molecule has 0 radical (unpaired) electrons. The van der Waals surface area contributed by atoms with E-state index in [0.717, 1.165) is 64.0 Å². The normalized spacial score (nSPS) is 18.1. The summed E-state index contributed by atoms with van der Waals surface area (Å²) in [6.07, 6.45) is 2.18. The lowest BCUT2D eigenvalue weighted by Gasteiger charge is -2.40. The van der Waals surface area contributed by atoms with Gasteiger partial charge in [-0.2, -0.15) is 0 Å². The minimum Gasteiger partial charge on any atom is -0.491 e. The van der Waals surface area contributed by atoms with Gasteiger partial charge in [-0.25, -0.2) is 0 Å². The van der Waals surface area contributed by atoms with Crippen LogP contribution in [0.2, 0.25) is 0 Å². The Morgan fingerprint density at radius 3 is 1.30 bits per heavy atom. The van der Waals surface area contributed by atoms with Crippen molar-refractivity contribution in [1.29, 1.82) is 0 Å². The van der Waals surface area contributed by atoms with E-state index in [1.807, 2.05) is 24.3 Å². The maximum atomic E-state index is 5.90. The van der Waals surface area contributed by atoms with Crippen LogP contribution in [0, 0.1) is 10.8 Å². The van der Waals surface area contributed by atoms with Crippen molar-refractivity contribution in [3.8, 4) is 11.5 Å². The van der Waals surface area contributed by atoms with E-state index in [1.54, 1.807) is 0 Å². The van der Waals surface area contributed by atoms with Gasteiger partial charge in [-0.3, -0.25) is 0 Å². The third-order valence-electron chi connectivity index (χ3n) is 8.09. The first-order valence-electron chi connectivity index (χ1n) is 13.7. The molecule has 0 unspecified atom stereocenters. The number of hydrogen-bond acceptors (Lipinski definition) is 6. The second-order valence-electron chi connectivity index (χ2n) is 11.2. The van der Waals surface area contributed by atoms with E-state index in [9.17, 15) is 0 Å². The number of hydrogen-bond donors (Lipinski definition) is 0. The molecular weight excluding hydrogens is 468 g/mol. The van der Waals surface area contributed by atoms with Gasteiger partial charge in [-0.05, 0) is 48.2 Å². The minimum absolute atomic E-state index is 0.137. The van der Waals surface area contributed by atoms with Gasteiger partial charge in [0.2, 0.25) is 0 Å². The fourth-order valence-electron chi connectivity index (χ4n) is 4.68. The Hall–Kier alpha value is -2.12. The molecule has 6 heteroatoms. The molecule has 2 saturated heterocycles. The van der Waals surface area contributed by atoms with Crippen molar-refractivity contribution < 1.29 is 28.4 Å². The fraction of sp³-hybridized carbons (Fsp3) is 0.613. The highest BCUT2D eigenvalue weighted by Crippen LogP contribution is 2.34. The predicted molar refractivity (Wildman–Crippen MR) is 145 cm³/mol. The summed E-state index contributed by atoms with van der Waals surface area (Å²) < 4.78 is 34.2. The summed E-state index contributed by atoms with van der Waals surface area (Å²) in [5, 5.41) is 0. The monoisotopic (exact) mass is 512 g/mol. The zero-order valence-electron chi connectivity index (χ0n) is 23.1. The van der Waals surface area contributed by atoms with E-state index in [2.05, 4.69) is 52.0 Å². The van der Waals surface area contributed by atoms with E-state index in [0.29, 0.717) is 26.4 Å². The van der Waals surface area contributed by atoms with Crippen molar-refractivity contribution >= 4 is 0 Å². The van der Waals surface area contributed by atoms with Gasteiger partial charge in [0.25, 0.3) is 0 Å². The lowest BCUT2D eigenvalue weighted by molar-refractivity contribution is -0.151. The fourth-order valence-corrected chi connectivity index (χ4v) is 4.68. The van der Waals surface area contributed by atoms with Crippen molar-refractivity contribution in [3.63, 3.8) is 0 Å². The second-order valence-corrected chi connectivity index (χ2v) is 11.2. The largest absolute Gasteiger partial charge is 0.491 e. The molecule has 0 N–H and O–H groups in total. The first-order chi connectivity index (χ1) is 17.9. The maximum absolute atomic E-state index is 5.90. The van der Waals surface area contributed by atoms with Crippen LogP contribution in [0.3, 0.4) is 0 Å². The van der Waals surface area contributed by atoms with Crippen molar-refractivity contribution in [2.45, 2.75) is 46.0 Å². The average molecular weight is 513 g/mol. The number of rotatable bonds is 16. The summed E-state index contributed by atoms with van der Waals surface area (Å²) in [6, 6.07) is 16.7. The van der Waals surface area contributed by atoms with Crippen LogP contribution < -0.4 is 9.47 Å². The molecule has 2 aliphatic heterocycles. The molecule has 0 aliphatic carbocycles. The van der Waals surface area contributed by atoms with Gasteiger partial charge in [0.1, 0.15) is 24.7 Å². The lowest BCUT2D eigenvalue weighted by Crippen LogP contribution is -2.45. The van der Waals surface area contributed by atoms with Crippen LogP contribution in [0.25, 0.3) is 0 Å². The summed E-state index contributed by atoms with van der Waals surface area (Å²) in [4.78, 5) is 0. The van der Waals surface area contributed by atoms with Crippen molar-refractivity contribution in [2.75, 3.05) is 66.1 Å². The van der Waals surface area contributed by atoms with Gasteiger partial charge in [0.05, 0.1) is 52.9 Å². The third kappa shape index (κ3) is 7.05. The zero-order valence-corrected chi connectivity index (χ0v) is 23.1. The first-order valence-corrected chi connectivity index (χ1v) is 13.7. The minimum atomic E-state index is -0.137. The summed E-state index contributed by atoms with van der Waals surface area (Å²) in [6.45, 7) is 15.8. The third-order valence-corrected chi connectivity index (χ3v) is 8.09. The predicted octanol–water partition coefficient (Wildman–Crippen LogP) is 5.66. The molecule has 0 atom stereocenters. The Morgan fingerprint density at radius 1 is 0.622 bits per heavy atom. The Balaban J connectivity index is 1.18. The molecule has 0 spiro atoms. The Kier molecular flexibility index (Phi) is 9.51. The van der Waals surface area contributed by atoms with Crippen LogP contribution in [0.5, 0.6) is 11.5 Å². The molecule has 6 nitrogen and oxygen atoms in total. The highest BCUT2D eigenvalue weighted by Gasteiger charge is 2.37. The van der Waals surface area contributed by atoms with E-state index < -0.39 is 0 Å². The maximum Gasteiger partial charge on any atom is 0.119 e. The van der Waals surface area contributed by atoms with E-state index in [-0.39, 0.29) is 16.2 Å². The van der Waals surface area contributed by atoms with Crippen molar-refractivity contribution in [1.82, 2.24) is 0 Å². The topological polar surface area (TPSA) is 55.4 Å². The van der Waals surface area contributed by atoms with Crippen LogP contribution in [0.1, 0.15) is 51.7 Å². The number of benzene rings is 2. The Bertz CT molecular complexity index is 856. The number of ether oxygens (including phenoxy) is 6. The summed E-state index contributed by atoms with van der Waals surface area (Å²) in [7, 11) is 0. The van der Waals surface area contributed by atoms with E-state index in [4.69, 9.17) is 28.4 Å². The molecule has 2 aromatic rings. The van der Waals surface area contributed by atoms with Gasteiger partial charge < -0.3 is 28.4 Å². The molecule has 2 heterocycles. The van der Waals surface area contributed by atoms with Crippen molar-refractivity contribution in [3.05, 3.63) is 59.7 Å². The average Bonchev–Trinajstić information content (AvgIpc) is 2.87. The van der Waals surface area contributed by atoms with Crippen LogP contribution >= 0.6 is 0 Å². The highest BCUT2D eigenvalue weighted by atomic mass is 16.5.